The average Bonchev–Trinajstić information content (AvgIpc) is 2.71. The van der Waals surface area contributed by atoms with E-state index in [9.17, 15) is 29.2 Å². The first-order chi connectivity index (χ1) is 14.1. The van der Waals surface area contributed by atoms with E-state index in [1.165, 1.54) is 12.1 Å². The molecule has 1 heterocycles. The second-order valence-electron chi connectivity index (χ2n) is 7.87. The summed E-state index contributed by atoms with van der Waals surface area (Å²) in [5.74, 6) is -1.98. The molecule has 0 aromatic heterocycles. The van der Waals surface area contributed by atoms with Crippen molar-refractivity contribution in [3.8, 4) is 0 Å². The molecule has 4 N–H and O–H groups in total. The van der Waals surface area contributed by atoms with Gasteiger partial charge in [0.2, 0.25) is 0 Å². The van der Waals surface area contributed by atoms with Crippen molar-refractivity contribution in [3.63, 3.8) is 0 Å². The van der Waals surface area contributed by atoms with Gasteiger partial charge in [-0.1, -0.05) is 49.7 Å². The van der Waals surface area contributed by atoms with E-state index in [0.717, 1.165) is 0 Å². The number of hydrogen-bond donors (Lipinski definition) is 4. The van der Waals surface area contributed by atoms with Crippen molar-refractivity contribution in [1.82, 2.24) is 0 Å². The highest BCUT2D eigenvalue weighted by Gasteiger charge is 2.44. The first-order valence-electron chi connectivity index (χ1n) is 9.71. The zero-order valence-corrected chi connectivity index (χ0v) is 17.4. The molecule has 0 spiro atoms. The Hall–Kier alpha value is -1.61. The van der Waals surface area contributed by atoms with E-state index in [1.807, 2.05) is 0 Å². The predicted molar refractivity (Wildman–Crippen MR) is 107 cm³/mol. The van der Waals surface area contributed by atoms with Gasteiger partial charge in [0.25, 0.3) is 0 Å². The summed E-state index contributed by atoms with van der Waals surface area (Å²) in [5.41, 5.74) is 1.31. The minimum atomic E-state index is -1.52. The van der Waals surface area contributed by atoms with Crippen LogP contribution in [0.3, 0.4) is 0 Å². The van der Waals surface area contributed by atoms with Gasteiger partial charge in [-0.3, -0.25) is 0 Å². The fourth-order valence-corrected chi connectivity index (χ4v) is 3.86. The standard InChI is InChI=1S/C22H25ClF2O5/c1-10(2)14-5-3-11(17(24)18(14)25)7-13-8-12(4-6-15(13)23)22-21(29)20(28)19(27)16(9-26)30-22/h3-6,8,10,16,19-22,26-29H,7,9H2,1-2H3/t16?,19-,20+,21-,22+/m1/s1. The molecule has 5 nitrogen and oxygen atoms in total. The minimum absolute atomic E-state index is 0.00518. The zero-order chi connectivity index (χ0) is 22.2. The fraction of sp³-hybridized carbons (Fsp3) is 0.455. The minimum Gasteiger partial charge on any atom is -0.394 e. The lowest BCUT2D eigenvalue weighted by molar-refractivity contribution is -0.231. The van der Waals surface area contributed by atoms with Crippen LogP contribution < -0.4 is 0 Å². The highest BCUT2D eigenvalue weighted by molar-refractivity contribution is 6.31. The van der Waals surface area contributed by atoms with Crippen LogP contribution in [0.4, 0.5) is 8.78 Å². The molecule has 0 saturated carbocycles. The molecule has 1 unspecified atom stereocenters. The summed E-state index contributed by atoms with van der Waals surface area (Å²) in [7, 11) is 0. The van der Waals surface area contributed by atoms with Gasteiger partial charge in [0, 0.05) is 11.4 Å². The Kier molecular flexibility index (Phi) is 7.12. The lowest BCUT2D eigenvalue weighted by Crippen LogP contribution is -2.55. The second kappa shape index (κ2) is 9.26. The van der Waals surface area contributed by atoms with Crippen molar-refractivity contribution in [3.05, 3.63) is 69.2 Å². The Morgan fingerprint density at radius 1 is 0.967 bits per heavy atom. The number of rotatable bonds is 5. The Bertz CT molecular complexity index is 905. The first-order valence-corrected chi connectivity index (χ1v) is 10.1. The highest BCUT2D eigenvalue weighted by Crippen LogP contribution is 2.35. The Morgan fingerprint density at radius 2 is 1.67 bits per heavy atom. The fourth-order valence-electron chi connectivity index (χ4n) is 3.68. The smallest absolute Gasteiger partial charge is 0.162 e. The van der Waals surface area contributed by atoms with Crippen LogP contribution in [-0.2, 0) is 11.2 Å². The summed E-state index contributed by atoms with van der Waals surface area (Å²) in [6.07, 6.45) is -6.52. The van der Waals surface area contributed by atoms with Crippen molar-refractivity contribution in [2.24, 2.45) is 0 Å². The van der Waals surface area contributed by atoms with Gasteiger partial charge in [-0.15, -0.1) is 0 Å². The summed E-state index contributed by atoms with van der Waals surface area (Å²) in [4.78, 5) is 0. The maximum Gasteiger partial charge on any atom is 0.162 e. The van der Waals surface area contributed by atoms with Crippen LogP contribution in [0.15, 0.2) is 30.3 Å². The number of ether oxygens (including phenoxy) is 1. The van der Waals surface area contributed by atoms with E-state index < -0.39 is 48.8 Å². The molecule has 1 aliphatic rings. The third-order valence-electron chi connectivity index (χ3n) is 5.49. The summed E-state index contributed by atoms with van der Waals surface area (Å²) >= 11 is 6.25. The summed E-state index contributed by atoms with van der Waals surface area (Å²) < 4.78 is 34.5. The van der Waals surface area contributed by atoms with Crippen molar-refractivity contribution >= 4 is 11.6 Å². The molecule has 1 fully saturated rings. The van der Waals surface area contributed by atoms with E-state index in [2.05, 4.69) is 0 Å². The van der Waals surface area contributed by atoms with Gasteiger partial charge in [-0.25, -0.2) is 8.78 Å². The maximum absolute atomic E-state index is 14.6. The molecule has 3 rings (SSSR count). The van der Waals surface area contributed by atoms with E-state index in [1.54, 1.807) is 32.0 Å². The van der Waals surface area contributed by atoms with Crippen LogP contribution in [0.2, 0.25) is 5.02 Å². The number of hydrogen-bond acceptors (Lipinski definition) is 5. The van der Waals surface area contributed by atoms with Gasteiger partial charge in [-0.05, 0) is 34.2 Å². The molecule has 0 aliphatic carbocycles. The van der Waals surface area contributed by atoms with Crippen LogP contribution in [0.25, 0.3) is 0 Å². The third-order valence-corrected chi connectivity index (χ3v) is 5.85. The molecule has 0 bridgehead atoms. The van der Waals surface area contributed by atoms with Gasteiger partial charge in [0.15, 0.2) is 11.6 Å². The monoisotopic (exact) mass is 442 g/mol. The number of benzene rings is 2. The van der Waals surface area contributed by atoms with Crippen molar-refractivity contribution in [2.75, 3.05) is 6.61 Å². The molecule has 30 heavy (non-hydrogen) atoms. The average molecular weight is 443 g/mol. The quantitative estimate of drug-likeness (QED) is 0.571. The maximum atomic E-state index is 14.6. The molecule has 2 aromatic rings. The summed E-state index contributed by atoms with van der Waals surface area (Å²) in [6.45, 7) is 3.01. The largest absolute Gasteiger partial charge is 0.394 e. The van der Waals surface area contributed by atoms with E-state index >= 15 is 0 Å². The van der Waals surface area contributed by atoms with Crippen molar-refractivity contribution < 1.29 is 33.9 Å². The molecule has 5 atom stereocenters. The van der Waals surface area contributed by atoms with Gasteiger partial charge in [0.05, 0.1) is 6.61 Å². The van der Waals surface area contributed by atoms with Gasteiger partial charge >= 0.3 is 0 Å². The Morgan fingerprint density at radius 3 is 2.30 bits per heavy atom. The van der Waals surface area contributed by atoms with Crippen LogP contribution in [0.1, 0.15) is 48.1 Å². The Labute approximate surface area is 178 Å². The molecule has 2 aromatic carbocycles. The van der Waals surface area contributed by atoms with Gasteiger partial charge in [-0.2, -0.15) is 0 Å². The molecule has 0 amide bonds. The summed E-state index contributed by atoms with van der Waals surface area (Å²) in [5, 5.41) is 40.0. The van der Waals surface area contributed by atoms with Crippen LogP contribution in [0.5, 0.6) is 0 Å². The van der Waals surface area contributed by atoms with Gasteiger partial charge < -0.3 is 25.2 Å². The molecular formula is C22H25ClF2O5. The molecular weight excluding hydrogens is 418 g/mol. The molecule has 1 saturated heterocycles. The Balaban J connectivity index is 1.92. The van der Waals surface area contributed by atoms with Crippen LogP contribution in [0, 0.1) is 11.6 Å². The third kappa shape index (κ3) is 4.37. The number of aliphatic hydroxyl groups excluding tert-OH is 4. The van der Waals surface area contributed by atoms with E-state index in [0.29, 0.717) is 16.1 Å². The van der Waals surface area contributed by atoms with Crippen molar-refractivity contribution in [2.45, 2.75) is 56.7 Å². The molecule has 0 radical (unpaired) electrons. The van der Waals surface area contributed by atoms with Crippen molar-refractivity contribution in [1.29, 1.82) is 0 Å². The van der Waals surface area contributed by atoms with Crippen LogP contribution in [-0.4, -0.2) is 51.4 Å². The molecule has 8 heteroatoms. The molecule has 1 aliphatic heterocycles. The lowest BCUT2D eigenvalue weighted by atomic mass is 9.90. The van der Waals surface area contributed by atoms with E-state index in [4.69, 9.17) is 16.3 Å². The van der Waals surface area contributed by atoms with Gasteiger partial charge in [0.1, 0.15) is 30.5 Å². The van der Waals surface area contributed by atoms with E-state index in [-0.39, 0.29) is 23.5 Å². The second-order valence-corrected chi connectivity index (χ2v) is 8.28. The lowest BCUT2D eigenvalue weighted by Gasteiger charge is -2.40. The predicted octanol–water partition coefficient (Wildman–Crippen LogP) is 2.85. The summed E-state index contributed by atoms with van der Waals surface area (Å²) in [6, 6.07) is 7.74. The normalized spacial score (nSPS) is 26.9. The first kappa shape index (κ1) is 23.1. The molecule has 164 valence electrons. The zero-order valence-electron chi connectivity index (χ0n) is 16.6. The number of halogens is 3. The highest BCUT2D eigenvalue weighted by atomic mass is 35.5. The van der Waals surface area contributed by atoms with Crippen LogP contribution >= 0.6 is 11.6 Å². The number of aliphatic hydroxyl groups is 4. The SMILES string of the molecule is CC(C)c1ccc(Cc2cc([C@@H]3OC(CO)[C@@H](O)[C@H](O)[C@H]3O)ccc2Cl)c(F)c1F. The topological polar surface area (TPSA) is 90.2 Å².